The van der Waals surface area contributed by atoms with Gasteiger partial charge in [0.25, 0.3) is 0 Å². The molecule has 2 unspecified atom stereocenters. The third kappa shape index (κ3) is 3.20. The Morgan fingerprint density at radius 3 is 2.37 bits per heavy atom. The lowest BCUT2D eigenvalue weighted by molar-refractivity contribution is 0.466. The lowest BCUT2D eigenvalue weighted by atomic mass is 10.0. The van der Waals surface area contributed by atoms with Crippen LogP contribution in [0.1, 0.15) is 49.8 Å². The average molecular weight is 258 g/mol. The van der Waals surface area contributed by atoms with Gasteiger partial charge >= 0.3 is 0 Å². The summed E-state index contributed by atoms with van der Waals surface area (Å²) in [6, 6.07) is 9.24. The van der Waals surface area contributed by atoms with Crippen LogP contribution in [0.4, 0.5) is 0 Å². The van der Waals surface area contributed by atoms with E-state index in [1.807, 2.05) is 11.6 Å². The molecule has 0 aliphatic rings. The van der Waals surface area contributed by atoms with Crippen molar-refractivity contribution in [2.45, 2.75) is 39.3 Å². The van der Waals surface area contributed by atoms with E-state index >= 15 is 0 Å². The van der Waals surface area contributed by atoms with Gasteiger partial charge in [-0.1, -0.05) is 31.2 Å². The highest BCUT2D eigenvalue weighted by atomic mass is 15.3. The highest BCUT2D eigenvalue weighted by molar-refractivity contribution is 5.24. The monoisotopic (exact) mass is 258 g/mol. The lowest BCUT2D eigenvalue weighted by Gasteiger charge is -2.20. The minimum absolute atomic E-state index is 0.174. The summed E-state index contributed by atoms with van der Waals surface area (Å²) in [7, 11) is 1.97. The number of aromatic nitrogens is 3. The molecule has 1 aromatic heterocycles. The molecule has 2 rings (SSSR count). The molecule has 1 heterocycles. The van der Waals surface area contributed by atoms with E-state index in [9.17, 15) is 0 Å². The molecule has 0 bridgehead atoms. The maximum absolute atomic E-state index is 4.14. The van der Waals surface area contributed by atoms with E-state index in [2.05, 4.69) is 60.6 Å². The van der Waals surface area contributed by atoms with Gasteiger partial charge in [-0.2, -0.15) is 0 Å². The maximum Gasteiger partial charge on any atom is 0.149 e. The summed E-state index contributed by atoms with van der Waals surface area (Å²) in [6.45, 7) is 6.46. The standard InChI is InChI=1S/C15H22N4/c1-5-13-6-8-14(9-7-13)11(2)17-12(3)15-18-16-10-19(15)4/h6-12,17H,5H2,1-4H3. The molecule has 0 radical (unpaired) electrons. The first-order valence-electron chi connectivity index (χ1n) is 6.80. The van der Waals surface area contributed by atoms with Gasteiger partial charge in [-0.15, -0.1) is 10.2 Å². The predicted octanol–water partition coefficient (Wildman–Crippen LogP) is 2.79. The zero-order valence-electron chi connectivity index (χ0n) is 12.1. The van der Waals surface area contributed by atoms with Crippen LogP contribution in [0.2, 0.25) is 0 Å². The molecular formula is C15H22N4. The highest BCUT2D eigenvalue weighted by Crippen LogP contribution is 2.18. The minimum atomic E-state index is 0.174. The van der Waals surface area contributed by atoms with E-state index in [1.54, 1.807) is 6.33 Å². The van der Waals surface area contributed by atoms with Crippen molar-refractivity contribution >= 4 is 0 Å². The molecule has 0 saturated heterocycles. The summed E-state index contributed by atoms with van der Waals surface area (Å²) >= 11 is 0. The molecule has 4 heteroatoms. The molecule has 1 aromatic carbocycles. The number of aryl methyl sites for hydroxylation is 2. The van der Waals surface area contributed by atoms with Crippen molar-refractivity contribution < 1.29 is 0 Å². The fourth-order valence-electron chi connectivity index (χ4n) is 2.27. The number of nitrogens with zero attached hydrogens (tertiary/aromatic N) is 3. The maximum atomic E-state index is 4.14. The second-order valence-corrected chi connectivity index (χ2v) is 5.01. The van der Waals surface area contributed by atoms with Gasteiger partial charge in [0.1, 0.15) is 12.2 Å². The summed E-state index contributed by atoms with van der Waals surface area (Å²) in [5, 5.41) is 11.6. The Labute approximate surface area is 114 Å². The third-order valence-electron chi connectivity index (χ3n) is 3.52. The molecule has 2 atom stereocenters. The van der Waals surface area contributed by atoms with Gasteiger partial charge in [0.15, 0.2) is 0 Å². The van der Waals surface area contributed by atoms with Crippen molar-refractivity contribution in [3.05, 3.63) is 47.5 Å². The second kappa shape index (κ2) is 5.97. The number of benzene rings is 1. The topological polar surface area (TPSA) is 42.7 Å². The van der Waals surface area contributed by atoms with Crippen LogP contribution in [0, 0.1) is 0 Å². The Morgan fingerprint density at radius 2 is 1.84 bits per heavy atom. The Kier molecular flexibility index (Phi) is 4.32. The van der Waals surface area contributed by atoms with Crippen LogP contribution in [0.15, 0.2) is 30.6 Å². The Balaban J connectivity index is 2.04. The molecule has 0 spiro atoms. The van der Waals surface area contributed by atoms with Gasteiger partial charge in [-0.3, -0.25) is 0 Å². The first-order chi connectivity index (χ1) is 9.11. The zero-order valence-corrected chi connectivity index (χ0v) is 12.1. The molecule has 0 amide bonds. The zero-order chi connectivity index (χ0) is 13.8. The number of nitrogens with one attached hydrogen (secondary N) is 1. The van der Waals surface area contributed by atoms with Gasteiger partial charge in [-0.05, 0) is 31.4 Å². The molecule has 102 valence electrons. The van der Waals surface area contributed by atoms with Crippen LogP contribution in [-0.4, -0.2) is 14.8 Å². The van der Waals surface area contributed by atoms with Crippen LogP contribution in [0.25, 0.3) is 0 Å². The van der Waals surface area contributed by atoms with E-state index in [1.165, 1.54) is 11.1 Å². The lowest BCUT2D eigenvalue weighted by Crippen LogP contribution is -2.24. The molecule has 2 aromatic rings. The van der Waals surface area contributed by atoms with Gasteiger partial charge in [0, 0.05) is 13.1 Å². The number of hydrogen-bond donors (Lipinski definition) is 1. The molecule has 0 aliphatic heterocycles. The van der Waals surface area contributed by atoms with Crippen LogP contribution < -0.4 is 5.32 Å². The van der Waals surface area contributed by atoms with Gasteiger partial charge < -0.3 is 9.88 Å². The van der Waals surface area contributed by atoms with Crippen molar-refractivity contribution in [2.24, 2.45) is 7.05 Å². The molecular weight excluding hydrogens is 236 g/mol. The largest absolute Gasteiger partial charge is 0.319 e. The summed E-state index contributed by atoms with van der Waals surface area (Å²) in [5.41, 5.74) is 2.67. The minimum Gasteiger partial charge on any atom is -0.319 e. The van der Waals surface area contributed by atoms with Crippen molar-refractivity contribution in [1.29, 1.82) is 0 Å². The van der Waals surface area contributed by atoms with Crippen molar-refractivity contribution in [3.8, 4) is 0 Å². The Hall–Kier alpha value is -1.68. The fourth-order valence-corrected chi connectivity index (χ4v) is 2.27. The van der Waals surface area contributed by atoms with Crippen LogP contribution >= 0.6 is 0 Å². The molecule has 1 N–H and O–H groups in total. The molecule has 0 aliphatic carbocycles. The fraction of sp³-hybridized carbons (Fsp3) is 0.467. The van der Waals surface area contributed by atoms with E-state index in [4.69, 9.17) is 0 Å². The van der Waals surface area contributed by atoms with Crippen LogP contribution in [0.3, 0.4) is 0 Å². The second-order valence-electron chi connectivity index (χ2n) is 5.01. The molecule has 0 saturated carbocycles. The highest BCUT2D eigenvalue weighted by Gasteiger charge is 2.14. The number of rotatable bonds is 5. The van der Waals surface area contributed by atoms with Gasteiger partial charge in [-0.25, -0.2) is 0 Å². The van der Waals surface area contributed by atoms with Gasteiger partial charge in [0.05, 0.1) is 6.04 Å². The normalized spacial score (nSPS) is 14.3. The molecule has 19 heavy (non-hydrogen) atoms. The van der Waals surface area contributed by atoms with Gasteiger partial charge in [0.2, 0.25) is 0 Å². The van der Waals surface area contributed by atoms with Crippen LogP contribution in [0.5, 0.6) is 0 Å². The Morgan fingerprint density at radius 1 is 1.16 bits per heavy atom. The van der Waals surface area contributed by atoms with E-state index in [0.717, 1.165) is 12.2 Å². The predicted molar refractivity (Wildman–Crippen MR) is 76.8 cm³/mol. The van der Waals surface area contributed by atoms with Crippen LogP contribution in [-0.2, 0) is 13.5 Å². The smallest absolute Gasteiger partial charge is 0.149 e. The van der Waals surface area contributed by atoms with Crippen molar-refractivity contribution in [3.63, 3.8) is 0 Å². The average Bonchev–Trinajstić information content (AvgIpc) is 2.85. The first-order valence-corrected chi connectivity index (χ1v) is 6.80. The first kappa shape index (κ1) is 13.7. The van der Waals surface area contributed by atoms with E-state index in [-0.39, 0.29) is 12.1 Å². The summed E-state index contributed by atoms with van der Waals surface area (Å²) in [4.78, 5) is 0. The molecule has 4 nitrogen and oxygen atoms in total. The number of hydrogen-bond acceptors (Lipinski definition) is 3. The van der Waals surface area contributed by atoms with E-state index < -0.39 is 0 Å². The summed E-state index contributed by atoms with van der Waals surface area (Å²) < 4.78 is 1.95. The quantitative estimate of drug-likeness (QED) is 0.896. The summed E-state index contributed by atoms with van der Waals surface area (Å²) in [6.07, 6.45) is 2.81. The third-order valence-corrected chi connectivity index (χ3v) is 3.52. The van der Waals surface area contributed by atoms with Crippen molar-refractivity contribution in [1.82, 2.24) is 20.1 Å². The van der Waals surface area contributed by atoms with Crippen molar-refractivity contribution in [2.75, 3.05) is 0 Å². The SMILES string of the molecule is CCc1ccc(C(C)NC(C)c2nncn2C)cc1. The summed E-state index contributed by atoms with van der Waals surface area (Å²) in [5.74, 6) is 0.956. The van der Waals surface area contributed by atoms with E-state index in [0.29, 0.717) is 0 Å². The Bertz CT molecular complexity index is 515. The molecule has 0 fully saturated rings.